The smallest absolute Gasteiger partial charge is 0.203 e. The Morgan fingerprint density at radius 1 is 1.10 bits per heavy atom. The van der Waals surface area contributed by atoms with Gasteiger partial charge in [0.05, 0.1) is 4.88 Å². The van der Waals surface area contributed by atoms with E-state index < -0.39 is 0 Å². The van der Waals surface area contributed by atoms with Crippen molar-refractivity contribution in [1.82, 2.24) is 0 Å². The molecule has 0 saturated carbocycles. The number of fused-ring (bicyclic) bond motifs is 1. The first-order valence-electron chi connectivity index (χ1n) is 6.50. The van der Waals surface area contributed by atoms with Crippen molar-refractivity contribution < 1.29 is 14.3 Å². The van der Waals surface area contributed by atoms with Crippen molar-refractivity contribution in [1.29, 1.82) is 0 Å². The molecule has 1 aromatic heterocycles. The topological polar surface area (TPSA) is 37.3 Å². The van der Waals surface area contributed by atoms with Gasteiger partial charge in [-0.25, -0.2) is 4.39 Å². The van der Waals surface area contributed by atoms with E-state index in [4.69, 9.17) is 0 Å². The zero-order valence-corrected chi connectivity index (χ0v) is 12.4. The van der Waals surface area contributed by atoms with E-state index in [9.17, 15) is 14.3 Å². The third kappa shape index (κ3) is 2.43. The molecule has 0 saturated heterocycles. The summed E-state index contributed by atoms with van der Waals surface area (Å²) in [6.45, 7) is 3.48. The Morgan fingerprint density at radius 3 is 2.43 bits per heavy atom. The normalized spacial score (nSPS) is 11.0. The van der Waals surface area contributed by atoms with Crippen LogP contribution in [-0.2, 0) is 0 Å². The number of thiophene rings is 1. The Bertz CT molecular complexity index is 841. The number of phenolic OH excluding ortho intramolecular Hbond substituents is 1. The first kappa shape index (κ1) is 13.8. The van der Waals surface area contributed by atoms with Crippen molar-refractivity contribution in [2.75, 3.05) is 0 Å². The molecule has 4 heteroatoms. The van der Waals surface area contributed by atoms with Crippen LogP contribution in [-0.4, -0.2) is 10.9 Å². The number of benzene rings is 2. The van der Waals surface area contributed by atoms with Crippen LogP contribution >= 0.6 is 11.3 Å². The largest absolute Gasteiger partial charge is 0.508 e. The van der Waals surface area contributed by atoms with Crippen molar-refractivity contribution in [3.05, 3.63) is 63.8 Å². The van der Waals surface area contributed by atoms with Gasteiger partial charge in [0.1, 0.15) is 11.6 Å². The number of ketones is 1. The van der Waals surface area contributed by atoms with Crippen molar-refractivity contribution in [2.24, 2.45) is 0 Å². The highest BCUT2D eigenvalue weighted by atomic mass is 32.1. The second-order valence-corrected chi connectivity index (χ2v) is 6.16. The van der Waals surface area contributed by atoms with Crippen LogP contribution < -0.4 is 0 Å². The van der Waals surface area contributed by atoms with Gasteiger partial charge in [0.15, 0.2) is 0 Å². The Kier molecular flexibility index (Phi) is 3.26. The second kappa shape index (κ2) is 4.97. The van der Waals surface area contributed by atoms with Crippen LogP contribution in [0.4, 0.5) is 4.39 Å². The fourth-order valence-electron chi connectivity index (χ4n) is 2.52. The number of hydrogen-bond acceptors (Lipinski definition) is 3. The Balaban J connectivity index is 2.12. The molecular weight excluding hydrogens is 287 g/mol. The molecule has 2 aromatic carbocycles. The average molecular weight is 300 g/mol. The summed E-state index contributed by atoms with van der Waals surface area (Å²) in [4.78, 5) is 13.3. The number of aromatic hydroxyl groups is 1. The van der Waals surface area contributed by atoms with Crippen LogP contribution in [0.2, 0.25) is 0 Å². The van der Waals surface area contributed by atoms with Gasteiger partial charge >= 0.3 is 0 Å². The third-order valence-corrected chi connectivity index (χ3v) is 4.55. The molecule has 1 N–H and O–H groups in total. The molecule has 0 amide bonds. The van der Waals surface area contributed by atoms with Crippen LogP contribution in [0.15, 0.2) is 36.4 Å². The van der Waals surface area contributed by atoms with E-state index in [1.807, 2.05) is 6.07 Å². The van der Waals surface area contributed by atoms with E-state index in [-0.39, 0.29) is 17.3 Å². The van der Waals surface area contributed by atoms with Gasteiger partial charge in [0.2, 0.25) is 5.78 Å². The first-order chi connectivity index (χ1) is 9.95. The van der Waals surface area contributed by atoms with Crippen molar-refractivity contribution in [3.63, 3.8) is 0 Å². The van der Waals surface area contributed by atoms with Crippen LogP contribution in [0.25, 0.3) is 10.1 Å². The number of carbonyl (C=O) groups excluding carboxylic acids is 1. The van der Waals surface area contributed by atoms with Gasteiger partial charge in [-0.2, -0.15) is 0 Å². The molecule has 0 fully saturated rings. The fraction of sp³-hybridized carbons (Fsp3) is 0.118. The van der Waals surface area contributed by atoms with Gasteiger partial charge < -0.3 is 5.11 Å². The predicted molar refractivity (Wildman–Crippen MR) is 82.8 cm³/mol. The molecule has 0 bridgehead atoms. The maximum absolute atomic E-state index is 13.3. The average Bonchev–Trinajstić information content (AvgIpc) is 2.80. The molecule has 21 heavy (non-hydrogen) atoms. The Morgan fingerprint density at radius 2 is 1.76 bits per heavy atom. The molecule has 0 unspecified atom stereocenters. The van der Waals surface area contributed by atoms with Gasteiger partial charge in [-0.3, -0.25) is 4.79 Å². The van der Waals surface area contributed by atoms with Crippen LogP contribution in [0.5, 0.6) is 5.75 Å². The van der Waals surface area contributed by atoms with Crippen LogP contribution in [0.3, 0.4) is 0 Å². The minimum absolute atomic E-state index is 0.106. The van der Waals surface area contributed by atoms with E-state index in [0.29, 0.717) is 21.6 Å². The number of aryl methyl sites for hydroxylation is 2. The zero-order chi connectivity index (χ0) is 15.1. The highest BCUT2D eigenvalue weighted by Crippen LogP contribution is 2.31. The van der Waals surface area contributed by atoms with E-state index in [1.54, 1.807) is 32.0 Å². The molecule has 0 aliphatic carbocycles. The summed E-state index contributed by atoms with van der Waals surface area (Å²) in [6, 6.07) is 9.57. The summed E-state index contributed by atoms with van der Waals surface area (Å²) < 4.78 is 14.2. The monoisotopic (exact) mass is 300 g/mol. The number of phenols is 1. The molecule has 0 spiro atoms. The second-order valence-electron chi connectivity index (χ2n) is 5.08. The van der Waals surface area contributed by atoms with Gasteiger partial charge in [0.25, 0.3) is 0 Å². The predicted octanol–water partition coefficient (Wildman–Crippen LogP) is 4.59. The lowest BCUT2D eigenvalue weighted by Gasteiger charge is -2.07. The highest BCUT2D eigenvalue weighted by Gasteiger charge is 2.18. The Hall–Kier alpha value is -2.20. The van der Waals surface area contributed by atoms with Gasteiger partial charge in [-0.15, -0.1) is 11.3 Å². The molecular formula is C17H13FO2S. The summed E-state index contributed by atoms with van der Waals surface area (Å²) in [5.74, 6) is -0.258. The van der Waals surface area contributed by atoms with Crippen LogP contribution in [0, 0.1) is 19.7 Å². The van der Waals surface area contributed by atoms with E-state index in [2.05, 4.69) is 0 Å². The molecule has 3 aromatic rings. The fourth-order valence-corrected chi connectivity index (χ4v) is 3.57. The minimum Gasteiger partial charge on any atom is -0.508 e. The molecule has 106 valence electrons. The number of hydrogen-bond donors (Lipinski definition) is 1. The molecule has 0 atom stereocenters. The lowest BCUT2D eigenvalue weighted by atomic mass is 9.98. The molecule has 0 radical (unpaired) electrons. The quantitative estimate of drug-likeness (QED) is 0.703. The summed E-state index contributed by atoms with van der Waals surface area (Å²) in [5, 5.41) is 10.4. The maximum Gasteiger partial charge on any atom is 0.203 e. The molecule has 0 aliphatic heterocycles. The summed E-state index contributed by atoms with van der Waals surface area (Å²) >= 11 is 1.33. The SMILES string of the molecule is Cc1cc(F)cc(C)c1C(=O)c1cc2ccc(O)cc2s1. The van der Waals surface area contributed by atoms with Crippen molar-refractivity contribution >= 4 is 27.2 Å². The summed E-state index contributed by atoms with van der Waals surface area (Å²) in [5.41, 5.74) is 1.82. The van der Waals surface area contributed by atoms with Gasteiger partial charge in [-0.05, 0) is 66.8 Å². The summed E-state index contributed by atoms with van der Waals surface area (Å²) in [6.07, 6.45) is 0. The van der Waals surface area contributed by atoms with Gasteiger partial charge in [0, 0.05) is 10.3 Å². The lowest BCUT2D eigenvalue weighted by Crippen LogP contribution is -2.05. The van der Waals surface area contributed by atoms with E-state index in [0.717, 1.165) is 10.1 Å². The summed E-state index contributed by atoms with van der Waals surface area (Å²) in [7, 11) is 0. The highest BCUT2D eigenvalue weighted by molar-refractivity contribution is 7.21. The number of carbonyl (C=O) groups is 1. The van der Waals surface area contributed by atoms with E-state index in [1.165, 1.54) is 23.5 Å². The van der Waals surface area contributed by atoms with Crippen molar-refractivity contribution in [2.45, 2.75) is 13.8 Å². The minimum atomic E-state index is -0.331. The number of rotatable bonds is 2. The number of halogens is 1. The third-order valence-electron chi connectivity index (χ3n) is 3.45. The lowest BCUT2D eigenvalue weighted by molar-refractivity contribution is 0.104. The Labute approximate surface area is 125 Å². The zero-order valence-electron chi connectivity index (χ0n) is 11.6. The van der Waals surface area contributed by atoms with Crippen molar-refractivity contribution in [3.8, 4) is 5.75 Å². The molecule has 3 rings (SSSR count). The molecule has 0 aliphatic rings. The van der Waals surface area contributed by atoms with Crippen LogP contribution in [0.1, 0.15) is 26.4 Å². The van der Waals surface area contributed by atoms with E-state index >= 15 is 0 Å². The maximum atomic E-state index is 13.3. The van der Waals surface area contributed by atoms with Gasteiger partial charge in [-0.1, -0.05) is 0 Å². The molecule has 2 nitrogen and oxygen atoms in total. The first-order valence-corrected chi connectivity index (χ1v) is 7.31. The standard InChI is InChI=1S/C17H13FO2S/c1-9-5-12(18)6-10(2)16(9)17(20)15-7-11-3-4-13(19)8-14(11)21-15/h3-8,19H,1-2H3. The molecule has 1 heterocycles.